The van der Waals surface area contributed by atoms with E-state index in [0.29, 0.717) is 31.6 Å². The summed E-state index contributed by atoms with van der Waals surface area (Å²) in [6.07, 6.45) is 0.513. The van der Waals surface area contributed by atoms with Crippen molar-refractivity contribution in [2.45, 2.75) is 68.0 Å². The predicted octanol–water partition coefficient (Wildman–Crippen LogP) is 0.452. The number of epoxide rings is 1. The van der Waals surface area contributed by atoms with Gasteiger partial charge in [-0.25, -0.2) is 0 Å². The molecule has 9 nitrogen and oxygen atoms in total. The summed E-state index contributed by atoms with van der Waals surface area (Å²) in [6, 6.07) is 14.0. The Hall–Kier alpha value is -2.98. The molecule has 2 aromatic rings. The molecule has 194 valence electrons. The summed E-state index contributed by atoms with van der Waals surface area (Å²) >= 11 is 0. The molecule has 5 atom stereocenters. The van der Waals surface area contributed by atoms with Crippen LogP contribution in [0.4, 0.5) is 0 Å². The summed E-state index contributed by atoms with van der Waals surface area (Å²) in [5.74, 6) is -0.384. The summed E-state index contributed by atoms with van der Waals surface area (Å²) in [6.45, 7) is 2.20. The van der Waals surface area contributed by atoms with Gasteiger partial charge in [0.15, 0.2) is 0 Å². The Kier molecular flexibility index (Phi) is 7.65. The zero-order valence-corrected chi connectivity index (χ0v) is 20.6. The van der Waals surface area contributed by atoms with Crippen molar-refractivity contribution in [1.82, 2.24) is 10.6 Å². The van der Waals surface area contributed by atoms with Crippen LogP contribution in [0.5, 0.6) is 5.75 Å². The molecule has 2 fully saturated rings. The smallest absolute Gasteiger partial charge is 0.243 e. The van der Waals surface area contributed by atoms with E-state index < -0.39 is 47.2 Å². The molecule has 0 spiro atoms. The predicted molar refractivity (Wildman–Crippen MR) is 133 cm³/mol. The zero-order chi connectivity index (χ0) is 25.9. The second kappa shape index (κ2) is 10.6. The van der Waals surface area contributed by atoms with Crippen LogP contribution in [-0.4, -0.2) is 71.2 Å². The first kappa shape index (κ1) is 26.1. The van der Waals surface area contributed by atoms with E-state index in [4.69, 9.17) is 15.2 Å². The molecule has 2 amide bonds. The van der Waals surface area contributed by atoms with Crippen LogP contribution in [0.2, 0.25) is 0 Å². The van der Waals surface area contributed by atoms with Crippen LogP contribution in [0.25, 0.3) is 0 Å². The second-order valence-electron chi connectivity index (χ2n) is 10.0. The third-order valence-corrected chi connectivity index (χ3v) is 7.09. The first-order chi connectivity index (χ1) is 17.1. The minimum absolute atomic E-state index is 0.189. The highest BCUT2D eigenvalue weighted by molar-refractivity contribution is 5.91. The normalized spacial score (nSPS) is 23.0. The average molecular weight is 498 g/mol. The fraction of sp³-hybridized carbons (Fsp3) is 0.481. The SMILES string of the molecule is COc1ccc(CC(NC(=O)C(N)C2(O)CC2)C(=O)NC(Cc2ccccc2)C(O)C2(C)CO2)cc1. The van der Waals surface area contributed by atoms with Crippen molar-refractivity contribution in [1.29, 1.82) is 0 Å². The van der Waals surface area contributed by atoms with E-state index in [1.54, 1.807) is 26.2 Å². The molecule has 5 unspecified atom stereocenters. The Balaban J connectivity index is 1.53. The van der Waals surface area contributed by atoms with E-state index in [1.165, 1.54) is 0 Å². The Labute approximate surface area is 211 Å². The molecule has 1 aliphatic heterocycles. The quantitative estimate of drug-likeness (QED) is 0.268. The third kappa shape index (κ3) is 6.22. The van der Waals surface area contributed by atoms with Gasteiger partial charge in [-0.05, 0) is 49.4 Å². The van der Waals surface area contributed by atoms with Crippen molar-refractivity contribution in [2.24, 2.45) is 5.73 Å². The molecular weight excluding hydrogens is 462 g/mol. The number of benzene rings is 2. The summed E-state index contributed by atoms with van der Waals surface area (Å²) in [5.41, 5.74) is 5.77. The van der Waals surface area contributed by atoms with Gasteiger partial charge in [0.1, 0.15) is 29.5 Å². The van der Waals surface area contributed by atoms with Crippen LogP contribution in [-0.2, 0) is 27.2 Å². The minimum Gasteiger partial charge on any atom is -0.497 e. The number of hydrogen-bond donors (Lipinski definition) is 5. The first-order valence-corrected chi connectivity index (χ1v) is 12.2. The topological polar surface area (TPSA) is 146 Å². The van der Waals surface area contributed by atoms with Gasteiger partial charge in [-0.1, -0.05) is 42.5 Å². The highest BCUT2D eigenvalue weighted by Gasteiger charge is 2.51. The number of carbonyl (C=O) groups is 2. The van der Waals surface area contributed by atoms with E-state index in [-0.39, 0.29) is 6.42 Å². The zero-order valence-electron chi connectivity index (χ0n) is 20.6. The van der Waals surface area contributed by atoms with E-state index >= 15 is 0 Å². The molecule has 2 aliphatic rings. The number of aliphatic hydroxyl groups excluding tert-OH is 1. The van der Waals surface area contributed by atoms with E-state index in [1.807, 2.05) is 42.5 Å². The van der Waals surface area contributed by atoms with Gasteiger partial charge >= 0.3 is 0 Å². The Morgan fingerprint density at radius 2 is 1.64 bits per heavy atom. The second-order valence-corrected chi connectivity index (χ2v) is 10.0. The molecular formula is C27H35N3O6. The molecule has 1 saturated carbocycles. The lowest BCUT2D eigenvalue weighted by Gasteiger charge is -2.30. The first-order valence-electron chi connectivity index (χ1n) is 12.2. The van der Waals surface area contributed by atoms with Crippen molar-refractivity contribution in [3.63, 3.8) is 0 Å². The average Bonchev–Trinajstić information content (AvgIpc) is 3.82. The Bertz CT molecular complexity index is 1050. The van der Waals surface area contributed by atoms with Crippen LogP contribution in [0.3, 0.4) is 0 Å². The number of aliphatic hydroxyl groups is 2. The van der Waals surface area contributed by atoms with Crippen molar-refractivity contribution < 1.29 is 29.3 Å². The Morgan fingerprint density at radius 3 is 2.19 bits per heavy atom. The minimum atomic E-state index is -1.23. The fourth-order valence-corrected chi connectivity index (χ4v) is 4.25. The van der Waals surface area contributed by atoms with Crippen LogP contribution in [0, 0.1) is 0 Å². The molecule has 4 rings (SSSR count). The molecule has 1 saturated heterocycles. The van der Waals surface area contributed by atoms with Crippen molar-refractivity contribution in [2.75, 3.05) is 13.7 Å². The fourth-order valence-electron chi connectivity index (χ4n) is 4.25. The summed E-state index contributed by atoms with van der Waals surface area (Å²) in [5, 5.41) is 27.0. The number of carbonyl (C=O) groups excluding carboxylic acids is 2. The Morgan fingerprint density at radius 1 is 1.03 bits per heavy atom. The molecule has 0 aromatic heterocycles. The molecule has 0 radical (unpaired) electrons. The monoisotopic (exact) mass is 497 g/mol. The highest BCUT2D eigenvalue weighted by atomic mass is 16.6. The summed E-state index contributed by atoms with van der Waals surface area (Å²) < 4.78 is 10.7. The molecule has 36 heavy (non-hydrogen) atoms. The standard InChI is InChI=1S/C27H35N3O6/c1-26(16-36-26)23(31)20(14-17-6-4-3-5-7-17)29-24(32)21(15-18-8-10-19(35-2)11-9-18)30-25(33)22(28)27(34)12-13-27/h3-11,20-23,31,34H,12-16,28H2,1-2H3,(H,29,32)(H,30,33). The largest absolute Gasteiger partial charge is 0.497 e. The van der Waals surface area contributed by atoms with Gasteiger partial charge in [0.05, 0.1) is 25.4 Å². The number of ether oxygens (including phenoxy) is 2. The number of hydrogen-bond acceptors (Lipinski definition) is 7. The molecule has 9 heteroatoms. The highest BCUT2D eigenvalue weighted by Crippen LogP contribution is 2.37. The lowest BCUT2D eigenvalue weighted by molar-refractivity contribution is -0.132. The van der Waals surface area contributed by atoms with Gasteiger partial charge in [0, 0.05) is 6.42 Å². The van der Waals surface area contributed by atoms with Gasteiger partial charge in [0.25, 0.3) is 0 Å². The van der Waals surface area contributed by atoms with Crippen LogP contribution in [0.1, 0.15) is 30.9 Å². The lowest BCUT2D eigenvalue weighted by atomic mass is 9.92. The van der Waals surface area contributed by atoms with Gasteiger partial charge in [-0.15, -0.1) is 0 Å². The maximum atomic E-state index is 13.5. The van der Waals surface area contributed by atoms with Crippen molar-refractivity contribution in [3.8, 4) is 5.75 Å². The van der Waals surface area contributed by atoms with Crippen molar-refractivity contribution in [3.05, 3.63) is 65.7 Å². The lowest BCUT2D eigenvalue weighted by Crippen LogP contribution is -2.59. The van der Waals surface area contributed by atoms with E-state index in [9.17, 15) is 19.8 Å². The van der Waals surface area contributed by atoms with E-state index in [2.05, 4.69) is 10.6 Å². The molecule has 0 bridgehead atoms. The van der Waals surface area contributed by atoms with Crippen LogP contribution in [0.15, 0.2) is 54.6 Å². The molecule has 1 heterocycles. The van der Waals surface area contributed by atoms with Crippen LogP contribution < -0.4 is 21.1 Å². The summed E-state index contributed by atoms with van der Waals surface area (Å²) in [4.78, 5) is 26.4. The maximum absolute atomic E-state index is 13.5. The van der Waals surface area contributed by atoms with Gasteiger partial charge in [-0.3, -0.25) is 9.59 Å². The van der Waals surface area contributed by atoms with Gasteiger partial charge in [-0.2, -0.15) is 0 Å². The molecule has 1 aliphatic carbocycles. The number of rotatable bonds is 12. The van der Waals surface area contributed by atoms with Gasteiger partial charge in [0.2, 0.25) is 11.8 Å². The summed E-state index contributed by atoms with van der Waals surface area (Å²) in [7, 11) is 1.57. The molecule has 6 N–H and O–H groups in total. The number of methoxy groups -OCH3 is 1. The van der Waals surface area contributed by atoms with Crippen LogP contribution >= 0.6 is 0 Å². The number of nitrogens with one attached hydrogen (secondary N) is 2. The number of amides is 2. The van der Waals surface area contributed by atoms with E-state index in [0.717, 1.165) is 11.1 Å². The van der Waals surface area contributed by atoms with Crippen molar-refractivity contribution >= 4 is 11.8 Å². The third-order valence-electron chi connectivity index (χ3n) is 7.09. The maximum Gasteiger partial charge on any atom is 0.243 e. The van der Waals surface area contributed by atoms with Gasteiger partial charge < -0.3 is 36.1 Å². The molecule has 2 aromatic carbocycles. The number of nitrogens with two attached hydrogens (primary N) is 1.